The summed E-state index contributed by atoms with van der Waals surface area (Å²) in [6.45, 7) is 1.35. The number of amides is 1. The maximum atomic E-state index is 14.2. The molecule has 1 N–H and O–H groups in total. The molecule has 3 nitrogen and oxygen atoms in total. The second-order valence-electron chi connectivity index (χ2n) is 6.00. The van der Waals surface area contributed by atoms with Crippen LogP contribution in [0.25, 0.3) is 0 Å². The first-order valence-corrected chi connectivity index (χ1v) is 7.84. The summed E-state index contributed by atoms with van der Waals surface area (Å²) in [7, 11) is 0. The molecule has 1 saturated heterocycles. The second kappa shape index (κ2) is 6.46. The standard InChI is InChI=1S/C17H20F2N2O/c18-14-10-13(20-16(22)9-12-5-1-2-6-12)11-15(19)17(14)21-7-3-4-8-21/h1,5,10-12H,2-4,6-9H2,(H,20,22)/t12-/m0/s1. The van der Waals surface area contributed by atoms with E-state index < -0.39 is 11.6 Å². The van der Waals surface area contributed by atoms with Crippen LogP contribution in [-0.2, 0) is 4.79 Å². The summed E-state index contributed by atoms with van der Waals surface area (Å²) < 4.78 is 28.3. The highest BCUT2D eigenvalue weighted by atomic mass is 19.1. The summed E-state index contributed by atoms with van der Waals surface area (Å²) in [5.41, 5.74) is 0.208. The van der Waals surface area contributed by atoms with E-state index >= 15 is 0 Å². The van der Waals surface area contributed by atoms with Crippen LogP contribution in [-0.4, -0.2) is 19.0 Å². The van der Waals surface area contributed by atoms with Crippen molar-refractivity contribution in [1.29, 1.82) is 0 Å². The Labute approximate surface area is 129 Å². The fourth-order valence-electron chi connectivity index (χ4n) is 3.20. The summed E-state index contributed by atoms with van der Waals surface area (Å²) in [5, 5.41) is 2.60. The molecule has 5 heteroatoms. The predicted molar refractivity (Wildman–Crippen MR) is 82.9 cm³/mol. The number of hydrogen-bond donors (Lipinski definition) is 1. The summed E-state index contributed by atoms with van der Waals surface area (Å²) >= 11 is 0. The Morgan fingerprint density at radius 3 is 2.50 bits per heavy atom. The van der Waals surface area contributed by atoms with Crippen LogP contribution in [0.4, 0.5) is 20.2 Å². The molecule has 1 aliphatic heterocycles. The van der Waals surface area contributed by atoms with Crippen LogP contribution in [0.1, 0.15) is 32.1 Å². The molecular formula is C17H20F2N2O. The van der Waals surface area contributed by atoms with Crippen molar-refractivity contribution >= 4 is 17.3 Å². The number of nitrogens with zero attached hydrogens (tertiary/aromatic N) is 1. The quantitative estimate of drug-likeness (QED) is 0.857. The van der Waals surface area contributed by atoms with Gasteiger partial charge in [0.15, 0.2) is 11.6 Å². The summed E-state index contributed by atoms with van der Waals surface area (Å²) in [6, 6.07) is 2.41. The van der Waals surface area contributed by atoms with Gasteiger partial charge in [-0.15, -0.1) is 0 Å². The number of benzene rings is 1. The number of allylic oxidation sites excluding steroid dienone is 2. The van der Waals surface area contributed by atoms with Crippen molar-refractivity contribution in [2.45, 2.75) is 32.1 Å². The number of rotatable bonds is 4. The van der Waals surface area contributed by atoms with Crippen molar-refractivity contribution in [3.8, 4) is 0 Å². The van der Waals surface area contributed by atoms with E-state index in [1.165, 1.54) is 12.1 Å². The zero-order chi connectivity index (χ0) is 15.5. The largest absolute Gasteiger partial charge is 0.367 e. The monoisotopic (exact) mass is 306 g/mol. The average Bonchev–Trinajstić information content (AvgIpc) is 3.11. The van der Waals surface area contributed by atoms with Gasteiger partial charge in [-0.3, -0.25) is 4.79 Å². The molecule has 0 bridgehead atoms. The molecule has 0 aromatic heterocycles. The third kappa shape index (κ3) is 3.29. The molecule has 2 aliphatic rings. The van der Waals surface area contributed by atoms with Crippen LogP contribution in [0.3, 0.4) is 0 Å². The number of carbonyl (C=O) groups excluding carboxylic acids is 1. The molecular weight excluding hydrogens is 286 g/mol. The van der Waals surface area contributed by atoms with Gasteiger partial charge in [-0.05, 0) is 43.7 Å². The van der Waals surface area contributed by atoms with Crippen LogP contribution in [0.2, 0.25) is 0 Å². The lowest BCUT2D eigenvalue weighted by Crippen LogP contribution is -2.21. The van der Waals surface area contributed by atoms with Gasteiger partial charge in [0.25, 0.3) is 0 Å². The van der Waals surface area contributed by atoms with Gasteiger partial charge in [-0.25, -0.2) is 8.78 Å². The van der Waals surface area contributed by atoms with Crippen LogP contribution in [0.15, 0.2) is 24.3 Å². The SMILES string of the molecule is O=C(C[C@H]1C=CCC1)Nc1cc(F)c(N2CCCC2)c(F)c1. The third-order valence-electron chi connectivity index (χ3n) is 4.28. The van der Waals surface area contributed by atoms with E-state index in [0.29, 0.717) is 19.5 Å². The molecule has 0 radical (unpaired) electrons. The highest BCUT2D eigenvalue weighted by molar-refractivity contribution is 5.91. The van der Waals surface area contributed by atoms with Gasteiger partial charge in [-0.2, -0.15) is 0 Å². The van der Waals surface area contributed by atoms with Crippen LogP contribution >= 0.6 is 0 Å². The fraction of sp³-hybridized carbons (Fsp3) is 0.471. The third-order valence-corrected chi connectivity index (χ3v) is 4.28. The van der Waals surface area contributed by atoms with Crippen LogP contribution < -0.4 is 10.2 Å². The van der Waals surface area contributed by atoms with Gasteiger partial charge in [-0.1, -0.05) is 12.2 Å². The predicted octanol–water partition coefficient (Wildman–Crippen LogP) is 3.86. The minimum Gasteiger partial charge on any atom is -0.367 e. The maximum Gasteiger partial charge on any atom is 0.224 e. The van der Waals surface area contributed by atoms with Gasteiger partial charge in [0.05, 0.1) is 0 Å². The fourth-order valence-corrected chi connectivity index (χ4v) is 3.20. The van der Waals surface area contributed by atoms with Crippen molar-refractivity contribution in [2.24, 2.45) is 5.92 Å². The van der Waals surface area contributed by atoms with Crippen LogP contribution in [0, 0.1) is 17.6 Å². The maximum absolute atomic E-state index is 14.2. The first-order chi connectivity index (χ1) is 10.6. The lowest BCUT2D eigenvalue weighted by Gasteiger charge is -2.20. The van der Waals surface area contributed by atoms with E-state index in [2.05, 4.69) is 11.4 Å². The topological polar surface area (TPSA) is 32.3 Å². The minimum atomic E-state index is -0.613. The average molecular weight is 306 g/mol. The smallest absolute Gasteiger partial charge is 0.224 e. The van der Waals surface area contributed by atoms with E-state index in [0.717, 1.165) is 25.7 Å². The molecule has 1 aromatic rings. The van der Waals surface area contributed by atoms with Gasteiger partial charge in [0, 0.05) is 25.2 Å². The number of carbonyl (C=O) groups is 1. The second-order valence-corrected chi connectivity index (χ2v) is 6.00. The van der Waals surface area contributed by atoms with E-state index in [4.69, 9.17) is 0 Å². The first kappa shape index (κ1) is 15.0. The summed E-state index contributed by atoms with van der Waals surface area (Å²) in [4.78, 5) is 13.7. The van der Waals surface area contributed by atoms with Gasteiger partial charge < -0.3 is 10.2 Å². The zero-order valence-electron chi connectivity index (χ0n) is 12.4. The van der Waals surface area contributed by atoms with Crippen molar-refractivity contribution in [3.63, 3.8) is 0 Å². The first-order valence-electron chi connectivity index (χ1n) is 7.84. The lowest BCUT2D eigenvalue weighted by atomic mass is 10.1. The Kier molecular flexibility index (Phi) is 4.41. The van der Waals surface area contributed by atoms with Gasteiger partial charge >= 0.3 is 0 Å². The number of nitrogens with one attached hydrogen (secondary N) is 1. The number of hydrogen-bond acceptors (Lipinski definition) is 2. The highest BCUT2D eigenvalue weighted by Crippen LogP contribution is 2.30. The molecule has 3 rings (SSSR count). The number of anilines is 2. The van der Waals surface area contributed by atoms with Gasteiger partial charge in [0.2, 0.25) is 5.91 Å². The van der Waals surface area contributed by atoms with Crippen molar-refractivity contribution in [3.05, 3.63) is 35.9 Å². The Morgan fingerprint density at radius 1 is 1.23 bits per heavy atom. The van der Waals surface area contributed by atoms with Crippen LogP contribution in [0.5, 0.6) is 0 Å². The molecule has 1 amide bonds. The zero-order valence-corrected chi connectivity index (χ0v) is 12.4. The highest BCUT2D eigenvalue weighted by Gasteiger charge is 2.22. The van der Waals surface area contributed by atoms with Crippen molar-refractivity contribution in [1.82, 2.24) is 0 Å². The Hall–Kier alpha value is -1.91. The lowest BCUT2D eigenvalue weighted by molar-refractivity contribution is -0.116. The molecule has 1 heterocycles. The van der Waals surface area contributed by atoms with Gasteiger partial charge in [0.1, 0.15) is 5.69 Å². The molecule has 1 aromatic carbocycles. The molecule has 0 spiro atoms. The van der Waals surface area contributed by atoms with E-state index in [9.17, 15) is 13.6 Å². The van der Waals surface area contributed by atoms with E-state index in [-0.39, 0.29) is 23.2 Å². The van der Waals surface area contributed by atoms with E-state index in [1.807, 2.05) is 6.08 Å². The molecule has 1 atom stereocenters. The number of halogens is 2. The Morgan fingerprint density at radius 2 is 1.91 bits per heavy atom. The molecule has 22 heavy (non-hydrogen) atoms. The van der Waals surface area contributed by atoms with E-state index in [1.54, 1.807) is 4.90 Å². The normalized spacial score (nSPS) is 20.6. The molecule has 0 unspecified atom stereocenters. The Balaban J connectivity index is 1.69. The molecule has 1 aliphatic carbocycles. The Bertz CT molecular complexity index is 571. The van der Waals surface area contributed by atoms with Crippen molar-refractivity contribution in [2.75, 3.05) is 23.3 Å². The minimum absolute atomic E-state index is 0.0224. The van der Waals surface area contributed by atoms with Crippen molar-refractivity contribution < 1.29 is 13.6 Å². The summed E-state index contributed by atoms with van der Waals surface area (Å²) in [5.74, 6) is -1.20. The molecule has 0 saturated carbocycles. The summed E-state index contributed by atoms with van der Waals surface area (Å²) in [6.07, 6.45) is 8.29. The molecule has 1 fully saturated rings. The molecule has 118 valence electrons.